The van der Waals surface area contributed by atoms with Crippen LogP contribution in [0.25, 0.3) is 0 Å². The number of hydrogen-bond acceptors (Lipinski definition) is 3. The third-order valence-electron chi connectivity index (χ3n) is 1.57. The molecular weight excluding hydrogens is 172 g/mol. The molecule has 0 aliphatic rings. The van der Waals surface area contributed by atoms with E-state index < -0.39 is 0 Å². The number of ether oxygens (including phenoxy) is 2. The minimum absolute atomic E-state index is 0.740. The lowest BCUT2D eigenvalue weighted by Crippen LogP contribution is -1.91. The molecule has 0 atom stereocenters. The van der Waals surface area contributed by atoms with Crippen LogP contribution >= 0.6 is 12.2 Å². The molecule has 1 aromatic rings. The van der Waals surface area contributed by atoms with Crippen LogP contribution < -0.4 is 9.47 Å². The third kappa shape index (κ3) is 1.74. The average molecular weight is 182 g/mol. The van der Waals surface area contributed by atoms with Gasteiger partial charge in [-0.15, -0.1) is 0 Å². The molecule has 0 heterocycles. The smallest absolute Gasteiger partial charge is 0.130 e. The number of methoxy groups -OCH3 is 2. The first-order valence-corrected chi connectivity index (χ1v) is 3.96. The summed E-state index contributed by atoms with van der Waals surface area (Å²) in [7, 11) is 3.23. The summed E-state index contributed by atoms with van der Waals surface area (Å²) >= 11 is 4.81. The van der Waals surface area contributed by atoms with Crippen LogP contribution in [0.3, 0.4) is 0 Å². The average Bonchev–Trinajstić information content (AvgIpc) is 2.16. The Kier molecular flexibility index (Phi) is 3.05. The van der Waals surface area contributed by atoms with Crippen molar-refractivity contribution in [2.75, 3.05) is 14.2 Å². The molecule has 64 valence electrons. The largest absolute Gasteiger partial charge is 0.497 e. The van der Waals surface area contributed by atoms with Crippen molar-refractivity contribution in [2.45, 2.75) is 0 Å². The van der Waals surface area contributed by atoms with Gasteiger partial charge in [0.1, 0.15) is 11.5 Å². The molecule has 3 heteroatoms. The molecule has 0 spiro atoms. The first-order chi connectivity index (χ1) is 5.81. The summed E-state index contributed by atoms with van der Waals surface area (Å²) in [4.78, 5) is 0. The van der Waals surface area contributed by atoms with Crippen molar-refractivity contribution in [2.24, 2.45) is 0 Å². The number of hydrogen-bond donors (Lipinski definition) is 0. The highest BCUT2D eigenvalue weighted by Gasteiger charge is 2.00. The van der Waals surface area contributed by atoms with E-state index in [0.717, 1.165) is 17.1 Å². The summed E-state index contributed by atoms with van der Waals surface area (Å²) in [5.41, 5.74) is 0.897. The molecule has 0 saturated carbocycles. The van der Waals surface area contributed by atoms with Crippen molar-refractivity contribution in [3.63, 3.8) is 0 Å². The van der Waals surface area contributed by atoms with E-state index in [1.54, 1.807) is 25.7 Å². The Morgan fingerprint density at radius 2 is 2.00 bits per heavy atom. The Morgan fingerprint density at radius 3 is 2.50 bits per heavy atom. The summed E-state index contributed by atoms with van der Waals surface area (Å²) in [6.07, 6.45) is 0. The number of benzene rings is 1. The molecule has 1 aromatic carbocycles. The lowest BCUT2D eigenvalue weighted by molar-refractivity contribution is 0.394. The van der Waals surface area contributed by atoms with Crippen molar-refractivity contribution in [1.29, 1.82) is 0 Å². The van der Waals surface area contributed by atoms with Crippen LogP contribution in [-0.4, -0.2) is 19.6 Å². The summed E-state index contributed by atoms with van der Waals surface area (Å²) in [5.74, 6) is 1.51. The van der Waals surface area contributed by atoms with E-state index in [1.807, 2.05) is 12.1 Å². The first-order valence-electron chi connectivity index (χ1n) is 3.49. The van der Waals surface area contributed by atoms with Gasteiger partial charge in [-0.05, 0) is 12.1 Å². The maximum absolute atomic E-state index is 5.10. The fraction of sp³-hybridized carbons (Fsp3) is 0.222. The molecule has 12 heavy (non-hydrogen) atoms. The van der Waals surface area contributed by atoms with E-state index in [4.69, 9.17) is 21.7 Å². The molecule has 0 saturated heterocycles. The third-order valence-corrected chi connectivity index (χ3v) is 1.82. The van der Waals surface area contributed by atoms with Gasteiger partial charge in [-0.2, -0.15) is 0 Å². The Bertz CT molecular complexity index is 284. The maximum atomic E-state index is 5.10. The first kappa shape index (κ1) is 9.00. The van der Waals surface area contributed by atoms with Gasteiger partial charge in [0.05, 0.1) is 14.2 Å². The topological polar surface area (TPSA) is 18.5 Å². The monoisotopic (exact) mass is 182 g/mol. The van der Waals surface area contributed by atoms with Crippen molar-refractivity contribution in [1.82, 2.24) is 0 Å². The molecule has 1 rings (SSSR count). The van der Waals surface area contributed by atoms with E-state index in [9.17, 15) is 0 Å². The molecule has 0 N–H and O–H groups in total. The zero-order valence-electron chi connectivity index (χ0n) is 7.03. The highest BCUT2D eigenvalue weighted by Crippen LogP contribution is 2.22. The van der Waals surface area contributed by atoms with Gasteiger partial charge >= 0.3 is 0 Å². The van der Waals surface area contributed by atoms with Crippen LogP contribution in [-0.2, 0) is 0 Å². The fourth-order valence-corrected chi connectivity index (χ4v) is 1.11. The predicted octanol–water partition coefficient (Wildman–Crippen LogP) is 2.05. The van der Waals surface area contributed by atoms with Crippen molar-refractivity contribution >= 4 is 17.6 Å². The minimum atomic E-state index is 0.740. The molecule has 0 bridgehead atoms. The number of thiocarbonyl (C=S) groups is 1. The zero-order valence-corrected chi connectivity index (χ0v) is 7.85. The minimum Gasteiger partial charge on any atom is -0.497 e. The Labute approximate surface area is 77.1 Å². The van der Waals surface area contributed by atoms with Crippen molar-refractivity contribution in [3.8, 4) is 11.5 Å². The summed E-state index contributed by atoms with van der Waals surface area (Å²) in [6.45, 7) is 0. The number of rotatable bonds is 3. The highest BCUT2D eigenvalue weighted by molar-refractivity contribution is 7.79. The van der Waals surface area contributed by atoms with Gasteiger partial charge in [0.15, 0.2) is 0 Å². The van der Waals surface area contributed by atoms with Crippen LogP contribution in [0.15, 0.2) is 18.2 Å². The van der Waals surface area contributed by atoms with Gasteiger partial charge in [0, 0.05) is 17.0 Å². The second-order valence-corrected chi connectivity index (χ2v) is 2.46. The lowest BCUT2D eigenvalue weighted by Gasteiger charge is -2.05. The van der Waals surface area contributed by atoms with Crippen molar-refractivity contribution < 1.29 is 9.47 Å². The molecule has 0 amide bonds. The second kappa shape index (κ2) is 4.07. The van der Waals surface area contributed by atoms with E-state index in [0.29, 0.717) is 0 Å². The van der Waals surface area contributed by atoms with E-state index in [2.05, 4.69) is 0 Å². The van der Waals surface area contributed by atoms with Gasteiger partial charge in [0.2, 0.25) is 0 Å². The molecule has 0 fully saturated rings. The lowest BCUT2D eigenvalue weighted by atomic mass is 10.2. The molecule has 0 unspecified atom stereocenters. The second-order valence-electron chi connectivity index (χ2n) is 2.23. The van der Waals surface area contributed by atoms with E-state index in [1.165, 1.54) is 0 Å². The Morgan fingerprint density at radius 1 is 1.25 bits per heavy atom. The maximum Gasteiger partial charge on any atom is 0.130 e. The van der Waals surface area contributed by atoms with Gasteiger partial charge in [-0.3, -0.25) is 0 Å². The fourth-order valence-electron chi connectivity index (χ4n) is 0.916. The highest BCUT2D eigenvalue weighted by atomic mass is 32.1. The van der Waals surface area contributed by atoms with Crippen LogP contribution in [0.1, 0.15) is 5.56 Å². The normalized spacial score (nSPS) is 9.17. The summed E-state index contributed by atoms with van der Waals surface area (Å²) in [6, 6.07) is 5.52. The quantitative estimate of drug-likeness (QED) is 0.666. The zero-order chi connectivity index (χ0) is 8.97. The van der Waals surface area contributed by atoms with Crippen LogP contribution in [0, 0.1) is 0 Å². The van der Waals surface area contributed by atoms with Crippen LogP contribution in [0.4, 0.5) is 0 Å². The van der Waals surface area contributed by atoms with Gasteiger partial charge in [-0.25, -0.2) is 0 Å². The summed E-state index contributed by atoms with van der Waals surface area (Å²) < 4.78 is 10.1. The van der Waals surface area contributed by atoms with Gasteiger partial charge < -0.3 is 9.47 Å². The molecular formula is C9H10O2S. The van der Waals surface area contributed by atoms with E-state index >= 15 is 0 Å². The van der Waals surface area contributed by atoms with E-state index in [-0.39, 0.29) is 0 Å². The molecule has 0 aromatic heterocycles. The molecule has 0 aliphatic carbocycles. The van der Waals surface area contributed by atoms with Gasteiger partial charge in [-0.1, -0.05) is 12.2 Å². The SMILES string of the molecule is COc1ccc(C=S)c(OC)c1. The predicted molar refractivity (Wildman–Crippen MR) is 52.3 cm³/mol. The van der Waals surface area contributed by atoms with Crippen LogP contribution in [0.5, 0.6) is 11.5 Å². The van der Waals surface area contributed by atoms with Crippen LogP contribution in [0.2, 0.25) is 0 Å². The Balaban J connectivity index is 3.10. The molecule has 0 aliphatic heterocycles. The summed E-state index contributed by atoms with van der Waals surface area (Å²) in [5, 5.41) is 1.58. The van der Waals surface area contributed by atoms with Gasteiger partial charge in [0.25, 0.3) is 0 Å². The molecule has 0 radical (unpaired) electrons. The standard InChI is InChI=1S/C9H10O2S/c1-10-8-4-3-7(6-12)9(5-8)11-2/h3-6H,1-2H3. The van der Waals surface area contributed by atoms with Crippen molar-refractivity contribution in [3.05, 3.63) is 23.8 Å². The molecule has 2 nitrogen and oxygen atoms in total. The Hall–Kier alpha value is -1.09.